The zero-order valence-corrected chi connectivity index (χ0v) is 13.9. The Bertz CT molecular complexity index is 261. The molecule has 0 aromatic heterocycles. The largest absolute Gasteiger partial charge is 0.326 e. The highest BCUT2D eigenvalue weighted by Crippen LogP contribution is 2.36. The van der Waals surface area contributed by atoms with Crippen LogP contribution in [0.1, 0.15) is 47.0 Å². The Hall–Kier alpha value is -0.120. The van der Waals surface area contributed by atoms with Crippen LogP contribution >= 0.6 is 0 Å². The van der Waals surface area contributed by atoms with E-state index in [4.69, 9.17) is 5.73 Å². The van der Waals surface area contributed by atoms with Gasteiger partial charge in [-0.1, -0.05) is 34.1 Å². The van der Waals surface area contributed by atoms with Gasteiger partial charge in [-0.25, -0.2) is 0 Å². The Labute approximate surface area is 120 Å². The van der Waals surface area contributed by atoms with E-state index in [9.17, 15) is 0 Å². The van der Waals surface area contributed by atoms with Gasteiger partial charge in [0, 0.05) is 31.7 Å². The van der Waals surface area contributed by atoms with Gasteiger partial charge in [0.25, 0.3) is 0 Å². The minimum absolute atomic E-state index is 0.288. The van der Waals surface area contributed by atoms with E-state index in [0.29, 0.717) is 18.0 Å². The molecule has 0 bridgehead atoms. The summed E-state index contributed by atoms with van der Waals surface area (Å²) in [6.07, 6.45) is 3.86. The number of likely N-dealkylation sites (N-methyl/N-ethyl adjacent to an activating group) is 1. The van der Waals surface area contributed by atoms with Crippen LogP contribution in [-0.4, -0.2) is 55.6 Å². The number of hydrogen-bond donors (Lipinski definition) is 1. The first-order chi connectivity index (χ1) is 8.74. The quantitative estimate of drug-likeness (QED) is 0.804. The first-order valence-corrected chi connectivity index (χ1v) is 7.88. The third kappa shape index (κ3) is 5.05. The van der Waals surface area contributed by atoms with Crippen LogP contribution in [0, 0.1) is 11.3 Å². The Morgan fingerprint density at radius 2 is 1.84 bits per heavy atom. The second-order valence-electron chi connectivity index (χ2n) is 7.67. The lowest BCUT2D eigenvalue weighted by Crippen LogP contribution is -2.58. The zero-order chi connectivity index (χ0) is 14.6. The molecule has 0 amide bonds. The standard InChI is InChI=1S/C16H35N3/c1-13(2)12-19(11-10-18(5)6)14-8-7-9-16(3,4)15(14)17/h13-15H,7-12,17H2,1-6H3. The molecule has 0 saturated heterocycles. The summed E-state index contributed by atoms with van der Waals surface area (Å²) in [7, 11) is 4.30. The maximum Gasteiger partial charge on any atom is 0.0253 e. The van der Waals surface area contributed by atoms with Gasteiger partial charge in [0.05, 0.1) is 0 Å². The molecule has 0 spiro atoms. The Kier molecular flexibility index (Phi) is 6.28. The number of nitrogens with two attached hydrogens (primary N) is 1. The molecule has 114 valence electrons. The Balaban J connectivity index is 2.71. The molecule has 0 aromatic rings. The van der Waals surface area contributed by atoms with Crippen molar-refractivity contribution in [3.63, 3.8) is 0 Å². The molecule has 2 atom stereocenters. The summed E-state index contributed by atoms with van der Waals surface area (Å²) < 4.78 is 0. The molecule has 0 radical (unpaired) electrons. The maximum absolute atomic E-state index is 6.58. The van der Waals surface area contributed by atoms with Crippen molar-refractivity contribution in [3.05, 3.63) is 0 Å². The topological polar surface area (TPSA) is 32.5 Å². The average molecular weight is 269 g/mol. The molecule has 0 aromatic carbocycles. The van der Waals surface area contributed by atoms with Gasteiger partial charge in [0.2, 0.25) is 0 Å². The molecule has 1 aliphatic carbocycles. The third-order valence-corrected chi connectivity index (χ3v) is 4.54. The predicted octanol–water partition coefficient (Wildman–Crippen LogP) is 2.41. The van der Waals surface area contributed by atoms with Crippen molar-refractivity contribution in [1.29, 1.82) is 0 Å². The molecular formula is C16H35N3. The van der Waals surface area contributed by atoms with Crippen LogP contribution in [0.4, 0.5) is 0 Å². The van der Waals surface area contributed by atoms with E-state index in [0.717, 1.165) is 13.1 Å². The lowest BCUT2D eigenvalue weighted by molar-refractivity contribution is 0.0561. The lowest BCUT2D eigenvalue weighted by Gasteiger charge is -2.47. The highest BCUT2D eigenvalue weighted by Gasteiger charge is 2.39. The number of nitrogens with zero attached hydrogens (tertiary/aromatic N) is 2. The fraction of sp³-hybridized carbons (Fsp3) is 1.00. The van der Waals surface area contributed by atoms with E-state index in [1.807, 2.05) is 0 Å². The summed E-state index contributed by atoms with van der Waals surface area (Å²) in [5, 5.41) is 0. The fourth-order valence-corrected chi connectivity index (χ4v) is 3.23. The first-order valence-electron chi connectivity index (χ1n) is 7.88. The average Bonchev–Trinajstić information content (AvgIpc) is 2.27. The highest BCUT2D eigenvalue weighted by atomic mass is 15.2. The van der Waals surface area contributed by atoms with Crippen LogP contribution < -0.4 is 5.73 Å². The van der Waals surface area contributed by atoms with Crippen molar-refractivity contribution in [2.24, 2.45) is 17.1 Å². The van der Waals surface area contributed by atoms with Crippen molar-refractivity contribution in [3.8, 4) is 0 Å². The summed E-state index contributed by atoms with van der Waals surface area (Å²) >= 11 is 0. The minimum atomic E-state index is 0.288. The Morgan fingerprint density at radius 1 is 1.21 bits per heavy atom. The maximum atomic E-state index is 6.58. The van der Waals surface area contributed by atoms with Gasteiger partial charge in [-0.05, 0) is 38.3 Å². The molecule has 1 fully saturated rings. The van der Waals surface area contributed by atoms with Gasteiger partial charge in [-0.3, -0.25) is 4.90 Å². The molecule has 2 unspecified atom stereocenters. The van der Waals surface area contributed by atoms with E-state index in [1.165, 1.54) is 25.8 Å². The van der Waals surface area contributed by atoms with Crippen LogP contribution in [0.3, 0.4) is 0 Å². The van der Waals surface area contributed by atoms with Gasteiger partial charge >= 0.3 is 0 Å². The Morgan fingerprint density at radius 3 is 2.37 bits per heavy atom. The summed E-state index contributed by atoms with van der Waals surface area (Å²) in [6, 6.07) is 0.869. The molecule has 2 N–H and O–H groups in total. The van der Waals surface area contributed by atoms with Crippen molar-refractivity contribution in [2.75, 3.05) is 33.7 Å². The van der Waals surface area contributed by atoms with Crippen LogP contribution in [0.5, 0.6) is 0 Å². The monoisotopic (exact) mass is 269 g/mol. The number of rotatable bonds is 6. The molecule has 1 rings (SSSR count). The van der Waals surface area contributed by atoms with Crippen molar-refractivity contribution in [2.45, 2.75) is 59.0 Å². The van der Waals surface area contributed by atoms with Crippen LogP contribution in [0.2, 0.25) is 0 Å². The van der Waals surface area contributed by atoms with Gasteiger partial charge in [-0.2, -0.15) is 0 Å². The normalized spacial score (nSPS) is 27.5. The van der Waals surface area contributed by atoms with Crippen LogP contribution in [-0.2, 0) is 0 Å². The molecule has 0 aliphatic heterocycles. The molecule has 0 heterocycles. The van der Waals surface area contributed by atoms with Gasteiger partial charge in [-0.15, -0.1) is 0 Å². The summed E-state index contributed by atoms with van der Waals surface area (Å²) in [5.41, 5.74) is 6.87. The summed E-state index contributed by atoms with van der Waals surface area (Å²) in [5.74, 6) is 0.708. The predicted molar refractivity (Wildman–Crippen MR) is 84.4 cm³/mol. The minimum Gasteiger partial charge on any atom is -0.326 e. The van der Waals surface area contributed by atoms with E-state index >= 15 is 0 Å². The van der Waals surface area contributed by atoms with Gasteiger partial charge < -0.3 is 10.6 Å². The van der Waals surface area contributed by atoms with E-state index in [1.54, 1.807) is 0 Å². The highest BCUT2D eigenvalue weighted by molar-refractivity contribution is 4.96. The van der Waals surface area contributed by atoms with Crippen LogP contribution in [0.25, 0.3) is 0 Å². The first kappa shape index (κ1) is 16.9. The van der Waals surface area contributed by atoms with Crippen molar-refractivity contribution >= 4 is 0 Å². The number of hydrogen-bond acceptors (Lipinski definition) is 3. The van der Waals surface area contributed by atoms with Crippen molar-refractivity contribution < 1.29 is 0 Å². The second-order valence-corrected chi connectivity index (χ2v) is 7.67. The zero-order valence-electron chi connectivity index (χ0n) is 13.9. The molecule has 1 saturated carbocycles. The fourth-order valence-electron chi connectivity index (χ4n) is 3.23. The smallest absolute Gasteiger partial charge is 0.0253 e. The lowest BCUT2D eigenvalue weighted by atomic mass is 9.70. The van der Waals surface area contributed by atoms with Gasteiger partial charge in [0.1, 0.15) is 0 Å². The second kappa shape index (κ2) is 7.05. The van der Waals surface area contributed by atoms with Crippen molar-refractivity contribution in [1.82, 2.24) is 9.80 Å². The van der Waals surface area contributed by atoms with Gasteiger partial charge in [0.15, 0.2) is 0 Å². The molecular weight excluding hydrogens is 234 g/mol. The molecule has 1 aliphatic rings. The third-order valence-electron chi connectivity index (χ3n) is 4.54. The summed E-state index contributed by atoms with van der Waals surface area (Å²) in [4.78, 5) is 4.92. The molecule has 19 heavy (non-hydrogen) atoms. The SMILES string of the molecule is CC(C)CN(CCN(C)C)C1CCCC(C)(C)C1N. The van der Waals surface area contributed by atoms with Crippen LogP contribution in [0.15, 0.2) is 0 Å². The summed E-state index contributed by atoms with van der Waals surface area (Å²) in [6.45, 7) is 12.7. The molecule has 3 heteroatoms. The van der Waals surface area contributed by atoms with E-state index in [-0.39, 0.29) is 5.41 Å². The van der Waals surface area contributed by atoms with E-state index in [2.05, 4.69) is 51.6 Å². The van der Waals surface area contributed by atoms with E-state index < -0.39 is 0 Å². The molecule has 3 nitrogen and oxygen atoms in total.